The lowest BCUT2D eigenvalue weighted by Gasteiger charge is -2.34. The van der Waals surface area contributed by atoms with E-state index in [0.29, 0.717) is 13.2 Å². The fourth-order valence-corrected chi connectivity index (χ4v) is 3.03. The number of hydrogen-bond acceptors (Lipinski definition) is 4. The Hall–Kier alpha value is -1.81. The number of guanidine groups is 1. The standard InChI is InChI=1S/C20H29N5O2.HI/c1-3-21-20(22-10-7-12-26-18-8-5-4-6-9-18)25-11-13-27-19(16-25)17-14-23-24(2)15-17;/h4-6,8-9,14-15,19H,3,7,10-13,16H2,1-2H3,(H,21,22);1H. The first kappa shape index (κ1) is 22.5. The molecule has 1 N–H and O–H groups in total. The van der Waals surface area contributed by atoms with Gasteiger partial charge in [-0.15, -0.1) is 24.0 Å². The van der Waals surface area contributed by atoms with E-state index < -0.39 is 0 Å². The van der Waals surface area contributed by atoms with Crippen LogP contribution in [0, 0.1) is 0 Å². The minimum Gasteiger partial charge on any atom is -0.494 e. The van der Waals surface area contributed by atoms with Gasteiger partial charge in [-0.1, -0.05) is 18.2 Å². The third-order valence-corrected chi connectivity index (χ3v) is 4.37. The fraction of sp³-hybridized carbons (Fsp3) is 0.500. The van der Waals surface area contributed by atoms with Crippen LogP contribution in [-0.4, -0.2) is 60.0 Å². The number of hydrogen-bond donors (Lipinski definition) is 1. The van der Waals surface area contributed by atoms with Crippen molar-refractivity contribution in [2.45, 2.75) is 19.4 Å². The fourth-order valence-electron chi connectivity index (χ4n) is 3.03. The number of aliphatic imine (C=N–C) groups is 1. The van der Waals surface area contributed by atoms with Crippen molar-refractivity contribution in [3.8, 4) is 5.75 Å². The van der Waals surface area contributed by atoms with Gasteiger partial charge in [-0.3, -0.25) is 9.67 Å². The zero-order valence-electron chi connectivity index (χ0n) is 16.6. The number of nitrogens with zero attached hydrogens (tertiary/aromatic N) is 4. The normalized spacial score (nSPS) is 17.1. The summed E-state index contributed by atoms with van der Waals surface area (Å²) in [6.45, 7) is 6.61. The van der Waals surface area contributed by atoms with E-state index in [4.69, 9.17) is 14.5 Å². The van der Waals surface area contributed by atoms with Gasteiger partial charge in [0, 0.05) is 44.9 Å². The molecule has 1 aromatic carbocycles. The summed E-state index contributed by atoms with van der Waals surface area (Å²) in [7, 11) is 1.92. The van der Waals surface area contributed by atoms with Gasteiger partial charge >= 0.3 is 0 Å². The molecule has 1 saturated heterocycles. The number of rotatable bonds is 7. The van der Waals surface area contributed by atoms with Crippen LogP contribution in [-0.2, 0) is 11.8 Å². The SMILES string of the molecule is CCNC(=NCCCOc1ccccc1)N1CCOC(c2cnn(C)c2)C1.I. The van der Waals surface area contributed by atoms with Crippen LogP contribution in [0.2, 0.25) is 0 Å². The average molecular weight is 499 g/mol. The molecule has 28 heavy (non-hydrogen) atoms. The first-order valence-electron chi connectivity index (χ1n) is 9.57. The van der Waals surface area contributed by atoms with Gasteiger partial charge in [-0.25, -0.2) is 0 Å². The molecule has 1 atom stereocenters. The van der Waals surface area contributed by atoms with Gasteiger partial charge in [0.1, 0.15) is 11.9 Å². The molecule has 1 aromatic heterocycles. The van der Waals surface area contributed by atoms with E-state index in [1.54, 1.807) is 0 Å². The molecule has 8 heteroatoms. The Morgan fingerprint density at radius 2 is 2.18 bits per heavy atom. The highest BCUT2D eigenvalue weighted by atomic mass is 127. The summed E-state index contributed by atoms with van der Waals surface area (Å²) >= 11 is 0. The molecule has 1 aliphatic heterocycles. The highest BCUT2D eigenvalue weighted by Gasteiger charge is 2.25. The van der Waals surface area contributed by atoms with E-state index in [0.717, 1.165) is 49.9 Å². The highest BCUT2D eigenvalue weighted by Crippen LogP contribution is 2.21. The first-order valence-corrected chi connectivity index (χ1v) is 9.57. The van der Waals surface area contributed by atoms with Crippen LogP contribution < -0.4 is 10.1 Å². The Kier molecular flexibility index (Phi) is 9.56. The van der Waals surface area contributed by atoms with Crippen LogP contribution in [0.15, 0.2) is 47.7 Å². The zero-order valence-corrected chi connectivity index (χ0v) is 18.9. The van der Waals surface area contributed by atoms with Gasteiger partial charge in [0.25, 0.3) is 0 Å². The van der Waals surface area contributed by atoms with Crippen LogP contribution in [0.4, 0.5) is 0 Å². The largest absolute Gasteiger partial charge is 0.494 e. The van der Waals surface area contributed by atoms with Gasteiger partial charge in [0.05, 0.1) is 26.0 Å². The number of benzene rings is 1. The third kappa shape index (κ3) is 6.66. The Morgan fingerprint density at radius 1 is 1.36 bits per heavy atom. The number of morpholine rings is 1. The van der Waals surface area contributed by atoms with Gasteiger partial charge in [0.2, 0.25) is 0 Å². The van der Waals surface area contributed by atoms with E-state index in [-0.39, 0.29) is 30.1 Å². The molecule has 0 spiro atoms. The second kappa shape index (κ2) is 11.9. The van der Waals surface area contributed by atoms with Crippen LogP contribution in [0.3, 0.4) is 0 Å². The molecule has 1 fully saturated rings. The number of para-hydroxylation sites is 1. The predicted molar refractivity (Wildman–Crippen MR) is 121 cm³/mol. The maximum Gasteiger partial charge on any atom is 0.194 e. The molecular weight excluding hydrogens is 469 g/mol. The van der Waals surface area contributed by atoms with Gasteiger partial charge in [-0.2, -0.15) is 5.10 Å². The van der Waals surface area contributed by atoms with Crippen LogP contribution >= 0.6 is 24.0 Å². The van der Waals surface area contributed by atoms with E-state index in [9.17, 15) is 0 Å². The van der Waals surface area contributed by atoms with Crippen molar-refractivity contribution in [2.24, 2.45) is 12.0 Å². The quantitative estimate of drug-likeness (QED) is 0.275. The molecule has 0 radical (unpaired) electrons. The summed E-state index contributed by atoms with van der Waals surface area (Å²) in [6, 6.07) is 9.89. The molecule has 0 amide bonds. The Balaban J connectivity index is 0.00000280. The smallest absolute Gasteiger partial charge is 0.194 e. The molecule has 154 valence electrons. The van der Waals surface area contributed by atoms with Crippen molar-refractivity contribution in [2.75, 3.05) is 39.4 Å². The molecule has 3 rings (SSSR count). The third-order valence-electron chi connectivity index (χ3n) is 4.37. The molecule has 1 aliphatic rings. The lowest BCUT2D eigenvalue weighted by atomic mass is 10.1. The number of halogens is 1. The molecule has 1 unspecified atom stereocenters. The topological polar surface area (TPSA) is 63.9 Å². The van der Waals surface area contributed by atoms with Crippen LogP contribution in [0.25, 0.3) is 0 Å². The average Bonchev–Trinajstić information content (AvgIpc) is 3.14. The van der Waals surface area contributed by atoms with E-state index in [1.807, 2.05) is 54.5 Å². The first-order chi connectivity index (χ1) is 13.3. The highest BCUT2D eigenvalue weighted by molar-refractivity contribution is 14.0. The molecule has 7 nitrogen and oxygen atoms in total. The van der Waals surface area contributed by atoms with Gasteiger partial charge in [-0.05, 0) is 19.1 Å². The van der Waals surface area contributed by atoms with Crippen molar-refractivity contribution < 1.29 is 9.47 Å². The summed E-state index contributed by atoms with van der Waals surface area (Å²) in [5.74, 6) is 1.84. The summed E-state index contributed by atoms with van der Waals surface area (Å²) in [5, 5.41) is 7.65. The second-order valence-electron chi connectivity index (χ2n) is 6.50. The number of ether oxygens (including phenoxy) is 2. The summed E-state index contributed by atoms with van der Waals surface area (Å²) in [6.07, 6.45) is 4.79. The van der Waals surface area contributed by atoms with Crippen molar-refractivity contribution >= 4 is 29.9 Å². The maximum absolute atomic E-state index is 5.93. The molecule has 2 aromatic rings. The second-order valence-corrected chi connectivity index (χ2v) is 6.50. The van der Waals surface area contributed by atoms with Crippen molar-refractivity contribution in [1.82, 2.24) is 20.0 Å². The van der Waals surface area contributed by atoms with Gasteiger partial charge < -0.3 is 19.7 Å². The van der Waals surface area contributed by atoms with E-state index >= 15 is 0 Å². The molecule has 2 heterocycles. The number of aryl methyl sites for hydroxylation is 1. The summed E-state index contributed by atoms with van der Waals surface area (Å²) in [5.41, 5.74) is 1.11. The van der Waals surface area contributed by atoms with E-state index in [1.165, 1.54) is 0 Å². The number of aromatic nitrogens is 2. The van der Waals surface area contributed by atoms with Gasteiger partial charge in [0.15, 0.2) is 5.96 Å². The monoisotopic (exact) mass is 499 g/mol. The summed E-state index contributed by atoms with van der Waals surface area (Å²) in [4.78, 5) is 7.04. The van der Waals surface area contributed by atoms with Crippen LogP contribution in [0.1, 0.15) is 25.0 Å². The Bertz CT molecular complexity index is 722. The minimum absolute atomic E-state index is 0. The van der Waals surface area contributed by atoms with Crippen LogP contribution in [0.5, 0.6) is 5.75 Å². The lowest BCUT2D eigenvalue weighted by Crippen LogP contribution is -2.48. The van der Waals surface area contributed by atoms with Crippen molar-refractivity contribution in [3.05, 3.63) is 48.3 Å². The zero-order chi connectivity index (χ0) is 18.9. The van der Waals surface area contributed by atoms with Crippen molar-refractivity contribution in [1.29, 1.82) is 0 Å². The van der Waals surface area contributed by atoms with E-state index in [2.05, 4.69) is 22.2 Å². The van der Waals surface area contributed by atoms with Crippen molar-refractivity contribution in [3.63, 3.8) is 0 Å². The Morgan fingerprint density at radius 3 is 2.89 bits per heavy atom. The minimum atomic E-state index is 0. The molecule has 0 aliphatic carbocycles. The number of nitrogens with one attached hydrogen (secondary N) is 1. The predicted octanol–water partition coefficient (Wildman–Crippen LogP) is 2.85. The summed E-state index contributed by atoms with van der Waals surface area (Å²) < 4.78 is 13.5. The molecule has 0 bridgehead atoms. The molecule has 0 saturated carbocycles. The molecular formula is C20H30IN5O2. The maximum atomic E-state index is 5.93. The Labute approximate surface area is 184 Å². The lowest BCUT2D eigenvalue weighted by molar-refractivity contribution is -0.00804.